The molecule has 0 fully saturated rings. The van der Waals surface area contributed by atoms with E-state index in [-0.39, 0.29) is 32.2 Å². The van der Waals surface area contributed by atoms with Gasteiger partial charge in [-0.15, -0.1) is 35.4 Å². The summed E-state index contributed by atoms with van der Waals surface area (Å²) >= 11 is 0. The zero-order valence-corrected chi connectivity index (χ0v) is 29.6. The van der Waals surface area contributed by atoms with Gasteiger partial charge in [-0.1, -0.05) is 92.6 Å². The minimum atomic E-state index is 0. The number of hydrogen-bond acceptors (Lipinski definition) is 4. The second-order valence-electron chi connectivity index (χ2n) is 13.0. The van der Waals surface area contributed by atoms with Gasteiger partial charge in [0.1, 0.15) is 11.6 Å². The quantitative estimate of drug-likeness (QED) is 0.176. The van der Waals surface area contributed by atoms with Crippen LogP contribution >= 0.6 is 0 Å². The summed E-state index contributed by atoms with van der Waals surface area (Å²) in [7, 11) is 0. The van der Waals surface area contributed by atoms with Gasteiger partial charge in [0.2, 0.25) is 0 Å². The van der Waals surface area contributed by atoms with Crippen molar-refractivity contribution in [1.29, 1.82) is 0 Å². The number of aromatic hydroxyl groups is 1. The number of nitrogens with zero attached hydrogens (tertiary/aromatic N) is 4. The van der Waals surface area contributed by atoms with Crippen molar-refractivity contribution in [3.8, 4) is 56.3 Å². The van der Waals surface area contributed by atoms with Crippen molar-refractivity contribution in [3.05, 3.63) is 151 Å². The van der Waals surface area contributed by atoms with Crippen molar-refractivity contribution in [2.24, 2.45) is 0 Å². The minimum absolute atomic E-state index is 0. The van der Waals surface area contributed by atoms with E-state index in [0.717, 1.165) is 61.1 Å². The number of fused-ring (bicyclic) bond motifs is 2. The number of imidazole rings is 1. The molecule has 5 aromatic carbocycles. The maximum absolute atomic E-state index is 11.0. The van der Waals surface area contributed by atoms with Crippen LogP contribution in [0.25, 0.3) is 72.5 Å². The third-order valence-corrected chi connectivity index (χ3v) is 8.91. The first-order valence-corrected chi connectivity index (χ1v) is 16.1. The van der Waals surface area contributed by atoms with Crippen LogP contribution in [0.3, 0.4) is 0 Å². The van der Waals surface area contributed by atoms with Crippen molar-refractivity contribution < 1.29 is 26.2 Å². The summed E-state index contributed by atoms with van der Waals surface area (Å²) in [5.41, 5.74) is 11.4. The molecule has 5 nitrogen and oxygen atoms in total. The molecular formula is C43H33N4OPt-. The van der Waals surface area contributed by atoms with Crippen LogP contribution in [0.1, 0.15) is 26.3 Å². The Morgan fingerprint density at radius 2 is 1.27 bits per heavy atom. The van der Waals surface area contributed by atoms with Gasteiger partial charge in [0.25, 0.3) is 0 Å². The molecule has 49 heavy (non-hydrogen) atoms. The van der Waals surface area contributed by atoms with Gasteiger partial charge in [-0.2, -0.15) is 0 Å². The average Bonchev–Trinajstić information content (AvgIpc) is 3.51. The van der Waals surface area contributed by atoms with Crippen LogP contribution in [0.4, 0.5) is 0 Å². The van der Waals surface area contributed by atoms with Gasteiger partial charge in [0.15, 0.2) is 0 Å². The zero-order chi connectivity index (χ0) is 32.8. The molecule has 3 aromatic heterocycles. The summed E-state index contributed by atoms with van der Waals surface area (Å²) in [6.45, 7) is 6.64. The van der Waals surface area contributed by atoms with Crippen LogP contribution < -0.4 is 0 Å². The fourth-order valence-corrected chi connectivity index (χ4v) is 6.45. The summed E-state index contributed by atoms with van der Waals surface area (Å²) in [6.07, 6.45) is 3.66. The van der Waals surface area contributed by atoms with Gasteiger partial charge in [-0.3, -0.25) is 14.5 Å². The smallest absolute Gasteiger partial charge is 0.148 e. The molecule has 0 atom stereocenters. The van der Waals surface area contributed by atoms with Crippen LogP contribution in [0.15, 0.2) is 140 Å². The molecule has 3 heterocycles. The standard InChI is InChI=1S/C43H33N4O.Pt/c1-43(2,3)30-20-22-31(23-21-30)47-38-18-10-15-33(41(38)46-42(47)36-13-4-5-19-39(36)48)29-12-8-11-28(27-29)32-14-9-16-35-34(24-26-45-40(32)35)37-17-6-7-25-44-37;/h4-26,48H,1-3H3;/q-1;. The van der Waals surface area contributed by atoms with Crippen LogP contribution in [0.5, 0.6) is 5.75 Å². The van der Waals surface area contributed by atoms with Crippen molar-refractivity contribution in [2.45, 2.75) is 26.2 Å². The van der Waals surface area contributed by atoms with E-state index in [1.54, 1.807) is 6.07 Å². The average molecular weight is 817 g/mol. The van der Waals surface area contributed by atoms with E-state index in [1.807, 2.05) is 54.9 Å². The molecule has 8 aromatic rings. The van der Waals surface area contributed by atoms with Gasteiger partial charge in [-0.25, -0.2) is 4.98 Å². The fourth-order valence-electron chi connectivity index (χ4n) is 6.45. The number of hydrogen-bond donors (Lipinski definition) is 1. The SMILES string of the molecule is CC(C)(C)c1ccc(-n2c(-c3ccccc3O)nc3c(-c4[c-]c(-c5cccc6c(-c7ccccn7)ccnc56)ccc4)cccc32)cc1.[Pt]. The van der Waals surface area contributed by atoms with Crippen LogP contribution in [-0.4, -0.2) is 24.6 Å². The molecule has 0 saturated carbocycles. The van der Waals surface area contributed by atoms with Crippen LogP contribution in [0.2, 0.25) is 0 Å². The third-order valence-electron chi connectivity index (χ3n) is 8.91. The van der Waals surface area contributed by atoms with Gasteiger partial charge < -0.3 is 5.11 Å². The van der Waals surface area contributed by atoms with E-state index in [2.05, 4.69) is 115 Å². The number of phenolic OH excluding ortho intramolecular Hbond substituents is 1. The maximum atomic E-state index is 11.0. The van der Waals surface area contributed by atoms with Crippen molar-refractivity contribution >= 4 is 21.9 Å². The van der Waals surface area contributed by atoms with E-state index < -0.39 is 0 Å². The molecule has 0 radical (unpaired) electrons. The summed E-state index contributed by atoms with van der Waals surface area (Å²) < 4.78 is 2.14. The first-order valence-electron chi connectivity index (χ1n) is 16.1. The van der Waals surface area contributed by atoms with E-state index in [4.69, 9.17) is 9.97 Å². The predicted octanol–water partition coefficient (Wildman–Crippen LogP) is 10.4. The van der Waals surface area contributed by atoms with Crippen molar-refractivity contribution in [1.82, 2.24) is 19.5 Å². The number of pyridine rings is 2. The van der Waals surface area contributed by atoms with Gasteiger partial charge in [0.05, 0.1) is 22.3 Å². The monoisotopic (exact) mass is 816 g/mol. The summed E-state index contributed by atoms with van der Waals surface area (Å²) in [4.78, 5) is 14.6. The van der Waals surface area contributed by atoms with Gasteiger partial charge >= 0.3 is 0 Å². The molecule has 1 N–H and O–H groups in total. The predicted molar refractivity (Wildman–Crippen MR) is 195 cm³/mol. The number of para-hydroxylation sites is 3. The topological polar surface area (TPSA) is 63.8 Å². The largest absolute Gasteiger partial charge is 0.507 e. The Morgan fingerprint density at radius 1 is 0.592 bits per heavy atom. The Balaban J connectivity index is 0.00000378. The molecule has 0 unspecified atom stereocenters. The molecule has 0 saturated heterocycles. The Kier molecular flexibility index (Phi) is 8.48. The molecule has 0 bridgehead atoms. The van der Waals surface area contributed by atoms with Crippen molar-refractivity contribution in [2.75, 3.05) is 0 Å². The molecule has 0 amide bonds. The molecule has 0 aliphatic rings. The fraction of sp³-hybridized carbons (Fsp3) is 0.0930. The van der Waals surface area contributed by atoms with E-state index in [9.17, 15) is 5.11 Å². The van der Waals surface area contributed by atoms with Gasteiger partial charge in [-0.05, 0) is 59.5 Å². The minimum Gasteiger partial charge on any atom is -0.507 e. The van der Waals surface area contributed by atoms with Crippen LogP contribution in [-0.2, 0) is 26.5 Å². The third kappa shape index (κ3) is 5.85. The maximum Gasteiger partial charge on any atom is 0.148 e. The van der Waals surface area contributed by atoms with E-state index in [0.29, 0.717) is 11.4 Å². The molecule has 0 aliphatic carbocycles. The van der Waals surface area contributed by atoms with E-state index in [1.165, 1.54) is 5.56 Å². The Bertz CT molecular complexity index is 2440. The Morgan fingerprint density at radius 3 is 1.98 bits per heavy atom. The zero-order valence-electron chi connectivity index (χ0n) is 27.3. The number of phenols is 1. The molecule has 242 valence electrons. The molecule has 0 aliphatic heterocycles. The van der Waals surface area contributed by atoms with Gasteiger partial charge in [0, 0.05) is 55.6 Å². The van der Waals surface area contributed by atoms with Crippen LogP contribution in [0, 0.1) is 6.07 Å². The summed E-state index contributed by atoms with van der Waals surface area (Å²) in [5.74, 6) is 0.861. The molecule has 6 heteroatoms. The first-order chi connectivity index (χ1) is 23.4. The first kappa shape index (κ1) is 32.2. The Labute approximate surface area is 300 Å². The second kappa shape index (κ2) is 12.9. The molecule has 8 rings (SSSR count). The number of benzene rings is 5. The molecular weight excluding hydrogens is 784 g/mol. The summed E-state index contributed by atoms with van der Waals surface area (Å²) in [5, 5.41) is 12.0. The number of aromatic nitrogens is 4. The van der Waals surface area contributed by atoms with E-state index >= 15 is 0 Å². The number of rotatable bonds is 5. The normalized spacial score (nSPS) is 11.5. The Hall–Kier alpha value is -5.38. The van der Waals surface area contributed by atoms with Crippen molar-refractivity contribution in [3.63, 3.8) is 0 Å². The summed E-state index contributed by atoms with van der Waals surface area (Å²) in [6, 6.07) is 46.4. The molecule has 0 spiro atoms. The second-order valence-corrected chi connectivity index (χ2v) is 13.0.